The van der Waals surface area contributed by atoms with Crippen LogP contribution in [0.25, 0.3) is 0 Å². The second kappa shape index (κ2) is 5.69. The van der Waals surface area contributed by atoms with E-state index in [-0.39, 0.29) is 5.92 Å². The Morgan fingerprint density at radius 1 is 1.24 bits per heavy atom. The second-order valence-electron chi connectivity index (χ2n) is 5.17. The Hall–Kier alpha value is -1.53. The van der Waals surface area contributed by atoms with E-state index in [1.165, 1.54) is 0 Å². The Bertz CT molecular complexity index is 636. The molecule has 0 bridgehead atoms. The highest BCUT2D eigenvalue weighted by Gasteiger charge is 2.26. The van der Waals surface area contributed by atoms with Crippen molar-refractivity contribution in [1.82, 2.24) is 14.5 Å². The third-order valence-corrected chi connectivity index (χ3v) is 4.08. The Labute approximate surface area is 125 Å². The fourth-order valence-electron chi connectivity index (χ4n) is 2.68. The summed E-state index contributed by atoms with van der Waals surface area (Å²) in [5.74, 6) is -3.71. The Balaban J connectivity index is 1.71. The molecule has 0 radical (unpaired) electrons. The van der Waals surface area contributed by atoms with Gasteiger partial charge in [0.1, 0.15) is 0 Å². The van der Waals surface area contributed by atoms with Gasteiger partial charge in [-0.25, -0.2) is 18.2 Å². The molecule has 0 aliphatic carbocycles. The molecule has 0 saturated carbocycles. The standard InChI is InChI=1S/C14H13ClF3N3/c15-14-19-2-4-21(14)8-20-3-1-9(7-20)10-5-11(16)13(18)12(17)6-10/h2,4-6,9H,1,3,7-8H2. The van der Waals surface area contributed by atoms with Crippen LogP contribution in [0.1, 0.15) is 17.9 Å². The van der Waals surface area contributed by atoms with Crippen LogP contribution in [0.3, 0.4) is 0 Å². The molecule has 1 saturated heterocycles. The predicted octanol–water partition coefficient (Wildman–Crippen LogP) is 3.40. The lowest BCUT2D eigenvalue weighted by atomic mass is 9.98. The maximum absolute atomic E-state index is 13.3. The molecule has 21 heavy (non-hydrogen) atoms. The van der Waals surface area contributed by atoms with Gasteiger partial charge in [0.2, 0.25) is 5.28 Å². The number of hydrogen-bond donors (Lipinski definition) is 0. The molecule has 0 N–H and O–H groups in total. The SMILES string of the molecule is Fc1cc(C2CCN(Cn3ccnc3Cl)C2)cc(F)c1F. The van der Waals surface area contributed by atoms with Gasteiger partial charge in [-0.1, -0.05) is 0 Å². The van der Waals surface area contributed by atoms with E-state index in [2.05, 4.69) is 9.88 Å². The van der Waals surface area contributed by atoms with Crippen molar-refractivity contribution < 1.29 is 13.2 Å². The number of likely N-dealkylation sites (tertiary alicyclic amines) is 1. The van der Waals surface area contributed by atoms with Gasteiger partial charge in [-0.2, -0.15) is 0 Å². The van der Waals surface area contributed by atoms with Crippen LogP contribution in [-0.2, 0) is 6.67 Å². The van der Waals surface area contributed by atoms with E-state index in [0.29, 0.717) is 24.1 Å². The monoisotopic (exact) mass is 315 g/mol. The van der Waals surface area contributed by atoms with Crippen LogP contribution in [0.4, 0.5) is 13.2 Å². The van der Waals surface area contributed by atoms with Crippen molar-refractivity contribution in [2.45, 2.75) is 19.0 Å². The number of benzene rings is 1. The summed E-state index contributed by atoms with van der Waals surface area (Å²) in [6, 6.07) is 2.16. The Morgan fingerprint density at radius 2 is 1.95 bits per heavy atom. The normalized spacial score (nSPS) is 19.3. The minimum absolute atomic E-state index is 0.0168. The van der Waals surface area contributed by atoms with E-state index in [9.17, 15) is 13.2 Å². The summed E-state index contributed by atoms with van der Waals surface area (Å²) in [7, 11) is 0. The quantitative estimate of drug-likeness (QED) is 0.809. The highest BCUT2D eigenvalue weighted by molar-refractivity contribution is 6.28. The van der Waals surface area contributed by atoms with Crippen LogP contribution < -0.4 is 0 Å². The first-order valence-electron chi connectivity index (χ1n) is 6.58. The molecule has 3 rings (SSSR count). The Kier molecular flexibility index (Phi) is 3.91. The van der Waals surface area contributed by atoms with E-state index in [4.69, 9.17) is 11.6 Å². The van der Waals surface area contributed by atoms with Crippen molar-refractivity contribution in [3.8, 4) is 0 Å². The average molecular weight is 316 g/mol. The van der Waals surface area contributed by atoms with Gasteiger partial charge in [-0.05, 0) is 41.6 Å². The topological polar surface area (TPSA) is 21.1 Å². The highest BCUT2D eigenvalue weighted by Crippen LogP contribution is 2.29. The van der Waals surface area contributed by atoms with Gasteiger partial charge < -0.3 is 4.57 Å². The molecule has 1 atom stereocenters. The maximum atomic E-state index is 13.3. The fraction of sp³-hybridized carbons (Fsp3) is 0.357. The van der Waals surface area contributed by atoms with Gasteiger partial charge in [0.15, 0.2) is 17.5 Å². The van der Waals surface area contributed by atoms with E-state index in [1.807, 2.05) is 0 Å². The van der Waals surface area contributed by atoms with Gasteiger partial charge in [0, 0.05) is 25.5 Å². The van der Waals surface area contributed by atoms with Crippen LogP contribution in [-0.4, -0.2) is 27.5 Å². The molecule has 1 aromatic carbocycles. The van der Waals surface area contributed by atoms with Gasteiger partial charge in [-0.15, -0.1) is 0 Å². The van der Waals surface area contributed by atoms with Crippen molar-refractivity contribution in [2.24, 2.45) is 0 Å². The number of nitrogens with zero attached hydrogens (tertiary/aromatic N) is 3. The molecule has 2 heterocycles. The van der Waals surface area contributed by atoms with Crippen LogP contribution in [0.2, 0.25) is 5.28 Å². The zero-order chi connectivity index (χ0) is 15.0. The summed E-state index contributed by atoms with van der Waals surface area (Å²) >= 11 is 5.91. The molecule has 1 fully saturated rings. The van der Waals surface area contributed by atoms with Crippen molar-refractivity contribution in [2.75, 3.05) is 13.1 Å². The number of hydrogen-bond acceptors (Lipinski definition) is 2. The zero-order valence-corrected chi connectivity index (χ0v) is 11.8. The van der Waals surface area contributed by atoms with Crippen LogP contribution >= 0.6 is 11.6 Å². The van der Waals surface area contributed by atoms with Gasteiger partial charge in [0.05, 0.1) is 6.67 Å². The molecule has 1 aromatic heterocycles. The molecule has 2 aromatic rings. The number of halogens is 4. The lowest BCUT2D eigenvalue weighted by Gasteiger charge is -2.17. The van der Waals surface area contributed by atoms with Crippen LogP contribution in [0, 0.1) is 17.5 Å². The molecule has 1 aliphatic rings. The zero-order valence-electron chi connectivity index (χ0n) is 11.1. The summed E-state index contributed by atoms with van der Waals surface area (Å²) in [5.41, 5.74) is 0.491. The molecular weight excluding hydrogens is 303 g/mol. The van der Waals surface area contributed by atoms with Gasteiger partial charge in [0.25, 0.3) is 0 Å². The van der Waals surface area contributed by atoms with Gasteiger partial charge in [-0.3, -0.25) is 4.90 Å². The maximum Gasteiger partial charge on any atom is 0.203 e. The van der Waals surface area contributed by atoms with E-state index in [1.54, 1.807) is 17.0 Å². The lowest BCUT2D eigenvalue weighted by molar-refractivity contribution is 0.267. The summed E-state index contributed by atoms with van der Waals surface area (Å²) in [6.07, 6.45) is 4.14. The first kappa shape index (κ1) is 14.4. The van der Waals surface area contributed by atoms with Crippen molar-refractivity contribution >= 4 is 11.6 Å². The summed E-state index contributed by atoms with van der Waals surface area (Å²) in [4.78, 5) is 6.04. The van der Waals surface area contributed by atoms with Crippen molar-refractivity contribution in [1.29, 1.82) is 0 Å². The molecule has 7 heteroatoms. The summed E-state index contributed by atoms with van der Waals surface area (Å²) in [5, 5.41) is 0.400. The third kappa shape index (κ3) is 2.91. The molecule has 1 unspecified atom stereocenters. The van der Waals surface area contributed by atoms with E-state index >= 15 is 0 Å². The molecule has 0 spiro atoms. The second-order valence-corrected chi connectivity index (χ2v) is 5.51. The number of rotatable bonds is 3. The first-order chi connectivity index (χ1) is 10.0. The minimum atomic E-state index is -1.42. The van der Waals surface area contributed by atoms with Gasteiger partial charge >= 0.3 is 0 Å². The molecule has 3 nitrogen and oxygen atoms in total. The molecular formula is C14H13ClF3N3. The smallest absolute Gasteiger partial charge is 0.203 e. The predicted molar refractivity (Wildman–Crippen MR) is 72.5 cm³/mol. The highest BCUT2D eigenvalue weighted by atomic mass is 35.5. The van der Waals surface area contributed by atoms with Crippen LogP contribution in [0.5, 0.6) is 0 Å². The average Bonchev–Trinajstić information content (AvgIpc) is 3.06. The fourth-order valence-corrected chi connectivity index (χ4v) is 2.84. The third-order valence-electron chi connectivity index (χ3n) is 3.77. The molecule has 112 valence electrons. The summed E-state index contributed by atoms with van der Waals surface area (Å²) in [6.45, 7) is 1.99. The van der Waals surface area contributed by atoms with Crippen molar-refractivity contribution in [3.63, 3.8) is 0 Å². The van der Waals surface area contributed by atoms with E-state index < -0.39 is 17.5 Å². The molecule has 0 amide bonds. The Morgan fingerprint density at radius 3 is 2.57 bits per heavy atom. The first-order valence-corrected chi connectivity index (χ1v) is 6.96. The lowest BCUT2D eigenvalue weighted by Crippen LogP contribution is -2.23. The minimum Gasteiger partial charge on any atom is -0.308 e. The molecule has 1 aliphatic heterocycles. The number of imidazole rings is 1. The van der Waals surface area contributed by atoms with Crippen LogP contribution in [0.15, 0.2) is 24.5 Å². The van der Waals surface area contributed by atoms with Crippen molar-refractivity contribution in [3.05, 3.63) is 52.8 Å². The largest absolute Gasteiger partial charge is 0.308 e. The number of aromatic nitrogens is 2. The summed E-state index contributed by atoms with van der Waals surface area (Å²) < 4.78 is 41.4. The van der Waals surface area contributed by atoms with E-state index in [0.717, 1.165) is 25.1 Å².